The van der Waals surface area contributed by atoms with Gasteiger partial charge in [-0.2, -0.15) is 0 Å². The molecule has 0 spiro atoms. The lowest BCUT2D eigenvalue weighted by Crippen LogP contribution is -2.40. The van der Waals surface area contributed by atoms with Gasteiger partial charge in [0.05, 0.1) is 0 Å². The summed E-state index contributed by atoms with van der Waals surface area (Å²) in [6.45, 7) is 0. The number of nitrogens with two attached hydrogens (primary N) is 1. The van der Waals surface area contributed by atoms with E-state index in [1.54, 1.807) is 7.11 Å². The SMILES string of the molecule is COC1(N)C=C(Br)C=CC1. The standard InChI is InChI=1S/C7H10BrNO/c1-10-7(9)4-2-3-6(8)5-7/h2-3,5H,4,9H2,1H3. The minimum absolute atomic E-state index is 0.604. The minimum atomic E-state index is -0.604. The van der Waals surface area contributed by atoms with Crippen LogP contribution < -0.4 is 5.73 Å². The van der Waals surface area contributed by atoms with Crippen LogP contribution in [0.2, 0.25) is 0 Å². The number of hydrogen-bond acceptors (Lipinski definition) is 2. The normalized spacial score (nSPS) is 32.1. The lowest BCUT2D eigenvalue weighted by atomic mass is 10.1. The van der Waals surface area contributed by atoms with Crippen molar-refractivity contribution < 1.29 is 4.74 Å². The molecule has 0 amide bonds. The molecule has 2 N–H and O–H groups in total. The topological polar surface area (TPSA) is 35.2 Å². The Balaban J connectivity index is 2.76. The van der Waals surface area contributed by atoms with E-state index in [0.717, 1.165) is 10.9 Å². The molecule has 0 bridgehead atoms. The lowest BCUT2D eigenvalue weighted by molar-refractivity contribution is 0.0395. The van der Waals surface area contributed by atoms with Crippen molar-refractivity contribution in [2.75, 3.05) is 7.11 Å². The van der Waals surface area contributed by atoms with Gasteiger partial charge in [-0.3, -0.25) is 5.73 Å². The number of methoxy groups -OCH3 is 1. The van der Waals surface area contributed by atoms with Gasteiger partial charge in [0, 0.05) is 18.0 Å². The number of allylic oxidation sites excluding steroid dienone is 2. The Kier molecular flexibility index (Phi) is 2.28. The first-order valence-corrected chi connectivity index (χ1v) is 3.84. The van der Waals surface area contributed by atoms with Gasteiger partial charge >= 0.3 is 0 Å². The molecule has 0 radical (unpaired) electrons. The molecule has 2 nitrogen and oxygen atoms in total. The van der Waals surface area contributed by atoms with E-state index in [4.69, 9.17) is 10.5 Å². The summed E-state index contributed by atoms with van der Waals surface area (Å²) in [6, 6.07) is 0. The summed E-state index contributed by atoms with van der Waals surface area (Å²) in [4.78, 5) is 0. The van der Waals surface area contributed by atoms with Gasteiger partial charge < -0.3 is 4.74 Å². The smallest absolute Gasteiger partial charge is 0.140 e. The Morgan fingerprint density at radius 1 is 1.80 bits per heavy atom. The van der Waals surface area contributed by atoms with Crippen LogP contribution >= 0.6 is 15.9 Å². The quantitative estimate of drug-likeness (QED) is 0.657. The van der Waals surface area contributed by atoms with Gasteiger partial charge in [-0.05, 0) is 6.08 Å². The van der Waals surface area contributed by atoms with Crippen LogP contribution in [0.5, 0.6) is 0 Å². The maximum Gasteiger partial charge on any atom is 0.140 e. The fourth-order valence-electron chi connectivity index (χ4n) is 0.838. The van der Waals surface area contributed by atoms with Crippen molar-refractivity contribution in [3.05, 3.63) is 22.7 Å². The second kappa shape index (κ2) is 2.86. The highest BCUT2D eigenvalue weighted by atomic mass is 79.9. The van der Waals surface area contributed by atoms with Crippen LogP contribution in [0.15, 0.2) is 22.7 Å². The maximum absolute atomic E-state index is 5.77. The summed E-state index contributed by atoms with van der Waals surface area (Å²) in [6.07, 6.45) is 6.53. The van der Waals surface area contributed by atoms with E-state index in [1.807, 2.05) is 18.2 Å². The number of hydrogen-bond donors (Lipinski definition) is 1. The Bertz CT molecular complexity index is 188. The molecule has 1 unspecified atom stereocenters. The molecule has 0 fully saturated rings. The first-order chi connectivity index (χ1) is 4.66. The summed E-state index contributed by atoms with van der Waals surface area (Å²) in [5.41, 5.74) is 5.17. The minimum Gasteiger partial charge on any atom is -0.360 e. The van der Waals surface area contributed by atoms with Gasteiger partial charge in [-0.15, -0.1) is 0 Å². The summed E-state index contributed by atoms with van der Waals surface area (Å²) in [7, 11) is 1.61. The van der Waals surface area contributed by atoms with Crippen molar-refractivity contribution in [2.45, 2.75) is 12.1 Å². The molecule has 0 heterocycles. The van der Waals surface area contributed by atoms with Gasteiger partial charge in [0.2, 0.25) is 0 Å². The molecule has 56 valence electrons. The molecule has 3 heteroatoms. The highest BCUT2D eigenvalue weighted by Gasteiger charge is 2.21. The van der Waals surface area contributed by atoms with E-state index in [9.17, 15) is 0 Å². The third-order valence-electron chi connectivity index (χ3n) is 1.48. The number of halogens is 1. The largest absolute Gasteiger partial charge is 0.360 e. The van der Waals surface area contributed by atoms with Crippen molar-refractivity contribution in [2.24, 2.45) is 5.73 Å². The van der Waals surface area contributed by atoms with Crippen LogP contribution in [0.3, 0.4) is 0 Å². The van der Waals surface area contributed by atoms with E-state index in [1.165, 1.54) is 0 Å². The van der Waals surface area contributed by atoms with Gasteiger partial charge in [0.25, 0.3) is 0 Å². The van der Waals surface area contributed by atoms with Crippen LogP contribution in [0.25, 0.3) is 0 Å². The Morgan fingerprint density at radius 3 is 2.90 bits per heavy atom. The van der Waals surface area contributed by atoms with Crippen molar-refractivity contribution in [3.8, 4) is 0 Å². The monoisotopic (exact) mass is 203 g/mol. The predicted molar refractivity (Wildman–Crippen MR) is 44.7 cm³/mol. The molecule has 0 saturated heterocycles. The number of ether oxygens (including phenoxy) is 1. The zero-order valence-electron chi connectivity index (χ0n) is 5.80. The molecule has 1 atom stereocenters. The van der Waals surface area contributed by atoms with Crippen molar-refractivity contribution in [1.82, 2.24) is 0 Å². The Morgan fingerprint density at radius 2 is 2.50 bits per heavy atom. The van der Waals surface area contributed by atoms with Gasteiger partial charge in [-0.1, -0.05) is 28.1 Å². The van der Waals surface area contributed by atoms with Crippen molar-refractivity contribution >= 4 is 15.9 Å². The fraction of sp³-hybridized carbons (Fsp3) is 0.429. The summed E-state index contributed by atoms with van der Waals surface area (Å²) >= 11 is 3.32. The van der Waals surface area contributed by atoms with E-state index in [0.29, 0.717) is 0 Å². The molecule has 1 aliphatic rings. The molecule has 0 aliphatic heterocycles. The van der Waals surface area contributed by atoms with Crippen LogP contribution in [0, 0.1) is 0 Å². The summed E-state index contributed by atoms with van der Waals surface area (Å²) < 4.78 is 6.04. The fourth-order valence-corrected chi connectivity index (χ4v) is 1.41. The molecular formula is C7H10BrNO. The zero-order valence-corrected chi connectivity index (χ0v) is 7.39. The zero-order chi connectivity index (χ0) is 7.61. The molecule has 1 rings (SSSR count). The van der Waals surface area contributed by atoms with Gasteiger partial charge in [-0.25, -0.2) is 0 Å². The van der Waals surface area contributed by atoms with E-state index >= 15 is 0 Å². The second-order valence-electron chi connectivity index (χ2n) is 2.29. The van der Waals surface area contributed by atoms with Gasteiger partial charge in [0.15, 0.2) is 0 Å². The van der Waals surface area contributed by atoms with E-state index in [-0.39, 0.29) is 0 Å². The molecule has 10 heavy (non-hydrogen) atoms. The lowest BCUT2D eigenvalue weighted by Gasteiger charge is -2.25. The molecule has 0 aromatic carbocycles. The average Bonchev–Trinajstić information content (AvgIpc) is 1.88. The van der Waals surface area contributed by atoms with Crippen LogP contribution in [0.1, 0.15) is 6.42 Å². The second-order valence-corrected chi connectivity index (χ2v) is 3.21. The third-order valence-corrected chi connectivity index (χ3v) is 1.97. The Labute approximate surface area is 68.9 Å². The van der Waals surface area contributed by atoms with E-state index < -0.39 is 5.72 Å². The summed E-state index contributed by atoms with van der Waals surface area (Å²) in [5, 5.41) is 0. The molecular weight excluding hydrogens is 194 g/mol. The molecule has 0 aromatic heterocycles. The average molecular weight is 204 g/mol. The van der Waals surface area contributed by atoms with Crippen molar-refractivity contribution in [1.29, 1.82) is 0 Å². The molecule has 1 aliphatic carbocycles. The highest BCUT2D eigenvalue weighted by Crippen LogP contribution is 2.22. The van der Waals surface area contributed by atoms with Gasteiger partial charge in [0.1, 0.15) is 5.72 Å². The van der Waals surface area contributed by atoms with Crippen LogP contribution in [-0.2, 0) is 4.74 Å². The van der Waals surface area contributed by atoms with Crippen LogP contribution in [0.4, 0.5) is 0 Å². The highest BCUT2D eigenvalue weighted by molar-refractivity contribution is 9.11. The van der Waals surface area contributed by atoms with Crippen molar-refractivity contribution in [3.63, 3.8) is 0 Å². The third kappa shape index (κ3) is 1.68. The molecule has 0 saturated carbocycles. The molecule has 0 aromatic rings. The Hall–Kier alpha value is -0.120. The predicted octanol–water partition coefficient (Wildman–Crippen LogP) is 1.53. The first kappa shape index (κ1) is 7.98. The van der Waals surface area contributed by atoms with Crippen LogP contribution in [-0.4, -0.2) is 12.8 Å². The first-order valence-electron chi connectivity index (χ1n) is 3.05. The number of rotatable bonds is 1. The summed E-state index contributed by atoms with van der Waals surface area (Å²) in [5.74, 6) is 0. The maximum atomic E-state index is 5.77. The van der Waals surface area contributed by atoms with E-state index in [2.05, 4.69) is 15.9 Å².